The van der Waals surface area contributed by atoms with Crippen LogP contribution in [-0.2, 0) is 0 Å². The number of hydrogen-bond acceptors (Lipinski definition) is 3. The van der Waals surface area contributed by atoms with Gasteiger partial charge in [0, 0.05) is 0 Å². The van der Waals surface area contributed by atoms with Crippen LogP contribution in [0.5, 0.6) is 0 Å². The van der Waals surface area contributed by atoms with Crippen molar-refractivity contribution >= 4 is 18.6 Å². The van der Waals surface area contributed by atoms with E-state index in [2.05, 4.69) is 0 Å². The molecule has 0 unspecified atom stereocenters. The molecule has 5 nitrogen and oxygen atoms in total. The average molecular weight is 214 g/mol. The van der Waals surface area contributed by atoms with Crippen molar-refractivity contribution in [2.45, 2.75) is 0 Å². The molecule has 0 aliphatic carbocycles. The third-order valence-corrected chi connectivity index (χ3v) is 0. The van der Waals surface area contributed by atoms with E-state index < -0.39 is 6.16 Å². The van der Waals surface area contributed by atoms with Gasteiger partial charge in [-0.3, -0.25) is 0 Å². The van der Waals surface area contributed by atoms with Crippen LogP contribution in [0.2, 0.25) is 0 Å². The molecule has 0 fully saturated rings. The van der Waals surface area contributed by atoms with Gasteiger partial charge in [-0.1, -0.05) is 0 Å². The monoisotopic (exact) mass is 213 g/mol. The maximum atomic E-state index is 8.44. The van der Waals surface area contributed by atoms with E-state index >= 15 is 0 Å². The number of carbonyl (C=O) groups is 1. The Balaban J connectivity index is -0.00000000300. The molecule has 0 aliphatic rings. The first-order valence-corrected chi connectivity index (χ1v) is 0.632. The van der Waals surface area contributed by atoms with Crippen LogP contribution in [0.1, 0.15) is 0 Å². The molecule has 56 valence electrons. The van der Waals surface area contributed by atoms with Crippen LogP contribution in [0, 0.1) is 0 Å². The van der Waals surface area contributed by atoms with Crippen molar-refractivity contribution in [1.29, 1.82) is 0 Å². The Morgan fingerprint density at radius 3 is 1.30 bits per heavy atom. The van der Waals surface area contributed by atoms with E-state index in [1.165, 1.54) is 0 Å². The summed E-state index contributed by atoms with van der Waals surface area (Å²) in [6.07, 6.45) is -2.08. The summed E-state index contributed by atoms with van der Waals surface area (Å²) >= 11 is 0. The Morgan fingerprint density at radius 2 is 1.30 bits per heavy atom. The van der Waals surface area contributed by atoms with E-state index in [1.54, 1.807) is 0 Å². The van der Waals surface area contributed by atoms with Crippen molar-refractivity contribution in [2.75, 3.05) is 0 Å². The zero-order valence-corrected chi connectivity index (χ0v) is 11.6. The van der Waals surface area contributed by atoms with Gasteiger partial charge in [0.15, 0.2) is 0 Å². The largest absolute Gasteiger partial charge is 1.00 e. The standard InChI is InChI=1S/CH2O3.2ClH.H3N.2Na.H2O/c2-1(3)4;;;;;;/h(H2,2,3,4);2*1H;1H3;;;1H2/q;;;;2*+1;/p-2. The van der Waals surface area contributed by atoms with Crippen LogP contribution in [-0.4, -0.2) is 16.7 Å². The van der Waals surface area contributed by atoms with Crippen LogP contribution in [0.25, 0.3) is 0 Å². The number of hydrogen-bond donors (Lipinski definition) is 2. The quantitative estimate of drug-likeness (QED) is 0.388. The molecule has 0 heterocycles. The summed E-state index contributed by atoms with van der Waals surface area (Å²) in [7, 11) is 0. The van der Waals surface area contributed by atoms with Crippen LogP contribution in [0.15, 0.2) is 0 Å². The van der Waals surface area contributed by atoms with Crippen LogP contribution in [0.3, 0.4) is 0 Å². The molecule has 0 rings (SSSR count). The van der Waals surface area contributed by atoms with Gasteiger partial charge in [0.05, 0.1) is 0 Å². The summed E-state index contributed by atoms with van der Waals surface area (Å²) in [5, 5.41) is 15.3. The molecule has 0 spiro atoms. The molecule has 0 aliphatic heterocycles. The van der Waals surface area contributed by atoms with E-state index in [0.29, 0.717) is 0 Å². The van der Waals surface area contributed by atoms with Crippen LogP contribution >= 0.6 is 12.4 Å². The maximum absolute atomic E-state index is 8.44. The molecular weight excluding hydrogens is 207 g/mol. The molecule has 9 heteroatoms. The predicted molar refractivity (Wildman–Crippen MR) is 23.2 cm³/mol. The molecule has 0 aromatic heterocycles. The van der Waals surface area contributed by atoms with E-state index in [0.717, 1.165) is 0 Å². The first kappa shape index (κ1) is 60.0. The maximum Gasteiger partial charge on any atom is 1.00 e. The van der Waals surface area contributed by atoms with Gasteiger partial charge in [0.2, 0.25) is 6.16 Å². The molecule has 0 aromatic rings. The fourth-order valence-corrected chi connectivity index (χ4v) is 0. The van der Waals surface area contributed by atoms with Gasteiger partial charge in [0.1, 0.15) is 0 Å². The van der Waals surface area contributed by atoms with Crippen molar-refractivity contribution in [2.24, 2.45) is 0 Å². The van der Waals surface area contributed by atoms with Crippen molar-refractivity contribution in [3.05, 3.63) is 0 Å². The molecule has 0 amide bonds. The van der Waals surface area contributed by atoms with Crippen molar-refractivity contribution in [3.63, 3.8) is 0 Å². The third kappa shape index (κ3) is 240. The molecular formula is CH7Cl2NNa2O4. The third-order valence-electron chi connectivity index (χ3n) is 0. The van der Waals surface area contributed by atoms with Gasteiger partial charge in [-0.15, -0.1) is 12.4 Å². The molecule has 0 saturated carbocycles. The molecule has 0 radical (unpaired) electrons. The second-order valence-corrected chi connectivity index (χ2v) is 0.266. The van der Waals surface area contributed by atoms with Crippen LogP contribution < -0.4 is 82.8 Å². The summed E-state index contributed by atoms with van der Waals surface area (Å²) in [5.41, 5.74) is 0. The van der Waals surface area contributed by atoms with E-state index in [9.17, 15) is 0 Å². The Morgan fingerprint density at radius 1 is 1.30 bits per heavy atom. The summed E-state index contributed by atoms with van der Waals surface area (Å²) in [4.78, 5) is 8.44. The van der Waals surface area contributed by atoms with E-state index in [1.807, 2.05) is 0 Å². The first-order valence-electron chi connectivity index (χ1n) is 0.632. The molecule has 0 saturated heterocycles. The van der Waals surface area contributed by atoms with Crippen LogP contribution in [0.4, 0.5) is 4.79 Å². The van der Waals surface area contributed by atoms with Crippen molar-refractivity contribution in [1.82, 2.24) is 6.15 Å². The number of quaternary nitrogens is 1. The normalized spacial score (nSPS) is 2.40. The van der Waals surface area contributed by atoms with Gasteiger partial charge < -0.3 is 39.0 Å². The van der Waals surface area contributed by atoms with E-state index in [-0.39, 0.29) is 95.6 Å². The number of halogens is 2. The van der Waals surface area contributed by atoms with Crippen molar-refractivity contribution < 1.29 is 92.0 Å². The van der Waals surface area contributed by atoms with Gasteiger partial charge in [-0.25, -0.2) is 0 Å². The molecule has 0 aromatic carbocycles. The Bertz CT molecular complexity index is 44.2. The second-order valence-electron chi connectivity index (χ2n) is 0.266. The summed E-state index contributed by atoms with van der Waals surface area (Å²) < 4.78 is 0. The number of carboxylic acid groups (broad SMARTS) is 2. The summed E-state index contributed by atoms with van der Waals surface area (Å²) in [6, 6.07) is 0. The minimum atomic E-state index is -2.08. The van der Waals surface area contributed by atoms with Gasteiger partial charge in [-0.05, 0) is 0 Å². The molecule has 0 atom stereocenters. The first-order chi connectivity index (χ1) is 1.73. The molecule has 10 heavy (non-hydrogen) atoms. The van der Waals surface area contributed by atoms with Gasteiger partial charge in [0.25, 0.3) is 0 Å². The zero-order valence-electron chi connectivity index (χ0n) is 6.00. The average Bonchev–Trinajstić information content (AvgIpc) is 0.811. The minimum Gasteiger partial charge on any atom is -1.00 e. The summed E-state index contributed by atoms with van der Waals surface area (Å²) in [5.74, 6) is 0. The van der Waals surface area contributed by atoms with Gasteiger partial charge >= 0.3 is 59.1 Å². The fraction of sp³-hybridized carbons (Fsp3) is 0. The number of rotatable bonds is 0. The Hall–Kier alpha value is 1.77. The molecule has 0 bridgehead atoms. The minimum absolute atomic E-state index is 0. The zero-order chi connectivity index (χ0) is 3.58. The summed E-state index contributed by atoms with van der Waals surface area (Å²) in [6.45, 7) is 0. The molecule has 6 N–H and O–H groups in total. The van der Waals surface area contributed by atoms with Crippen molar-refractivity contribution in [3.8, 4) is 0 Å². The van der Waals surface area contributed by atoms with Gasteiger partial charge in [-0.2, -0.15) is 0 Å². The topological polar surface area (TPSA) is 127 Å². The fourth-order valence-electron chi connectivity index (χ4n) is 0. The Labute approximate surface area is 115 Å². The SMILES string of the molecule is Cl.O=C([O-])O.[Cl-].[NH4+].[Na+].[Na+].[OH-]. The van der Waals surface area contributed by atoms with E-state index in [4.69, 9.17) is 15.0 Å². The second kappa shape index (κ2) is 45.2. The predicted octanol–water partition coefficient (Wildman–Crippen LogP) is -9.48. The smallest absolute Gasteiger partial charge is 1.00 e. The Kier molecular flexibility index (Phi) is 271.